The van der Waals surface area contributed by atoms with Crippen LogP contribution in [-0.4, -0.2) is 20.2 Å². The fraction of sp³-hybridized carbons (Fsp3) is 0.0909. The number of aryl methyl sites for hydroxylation is 1. The molecule has 0 atom stereocenters. The van der Waals surface area contributed by atoms with Crippen molar-refractivity contribution in [2.24, 2.45) is 0 Å². The standard InChI is InChI=1S/C11H7ClN4O2/c1-6-4-10(18-14-6)16-11(17)8-3-2-7(12)5-9(8)13-15-16/h2-5H,1H3. The fourth-order valence-electron chi connectivity index (χ4n) is 1.61. The molecule has 7 heteroatoms. The summed E-state index contributed by atoms with van der Waals surface area (Å²) in [6.45, 7) is 1.76. The van der Waals surface area contributed by atoms with E-state index in [1.165, 1.54) is 0 Å². The van der Waals surface area contributed by atoms with Gasteiger partial charge in [0.25, 0.3) is 11.4 Å². The molecule has 0 unspecified atom stereocenters. The van der Waals surface area contributed by atoms with Crippen LogP contribution in [0.1, 0.15) is 5.69 Å². The van der Waals surface area contributed by atoms with Gasteiger partial charge in [-0.05, 0) is 25.1 Å². The average molecular weight is 263 g/mol. The maximum atomic E-state index is 12.2. The lowest BCUT2D eigenvalue weighted by Crippen LogP contribution is -2.22. The van der Waals surface area contributed by atoms with Gasteiger partial charge < -0.3 is 4.52 Å². The van der Waals surface area contributed by atoms with Gasteiger partial charge in [-0.25, -0.2) is 0 Å². The van der Waals surface area contributed by atoms with Gasteiger partial charge in [0, 0.05) is 11.1 Å². The second-order valence-corrected chi connectivity index (χ2v) is 4.21. The minimum absolute atomic E-state index is 0.238. The fourth-order valence-corrected chi connectivity index (χ4v) is 1.78. The Morgan fingerprint density at radius 1 is 1.33 bits per heavy atom. The summed E-state index contributed by atoms with van der Waals surface area (Å²) in [5.41, 5.74) is 0.780. The molecule has 0 spiro atoms. The Labute approximate surface area is 106 Å². The molecular formula is C11H7ClN4O2. The van der Waals surface area contributed by atoms with Crippen LogP contribution in [0.3, 0.4) is 0 Å². The molecule has 18 heavy (non-hydrogen) atoms. The first-order chi connectivity index (χ1) is 8.65. The number of rotatable bonds is 1. The minimum atomic E-state index is -0.326. The number of benzene rings is 1. The number of fused-ring (bicyclic) bond motifs is 1. The molecule has 90 valence electrons. The van der Waals surface area contributed by atoms with Crippen molar-refractivity contribution in [1.82, 2.24) is 20.2 Å². The number of hydrogen-bond donors (Lipinski definition) is 0. The van der Waals surface area contributed by atoms with Crippen molar-refractivity contribution in [2.75, 3.05) is 0 Å². The van der Waals surface area contributed by atoms with E-state index in [1.54, 1.807) is 31.2 Å². The average Bonchev–Trinajstić information content (AvgIpc) is 2.76. The summed E-state index contributed by atoms with van der Waals surface area (Å²) in [4.78, 5) is 12.2. The van der Waals surface area contributed by atoms with E-state index in [-0.39, 0.29) is 11.4 Å². The summed E-state index contributed by atoms with van der Waals surface area (Å²) in [6, 6.07) is 6.43. The van der Waals surface area contributed by atoms with Crippen molar-refractivity contribution in [3.8, 4) is 5.88 Å². The van der Waals surface area contributed by atoms with Gasteiger partial charge in [-0.2, -0.15) is 0 Å². The number of halogens is 1. The second-order valence-electron chi connectivity index (χ2n) is 3.77. The Kier molecular flexibility index (Phi) is 2.38. The Morgan fingerprint density at radius 2 is 2.17 bits per heavy atom. The molecule has 0 aliphatic carbocycles. The SMILES string of the molecule is Cc1cc(-n2nnc3cc(Cl)ccc3c2=O)on1. The first kappa shape index (κ1) is 10.9. The minimum Gasteiger partial charge on any atom is -0.336 e. The van der Waals surface area contributed by atoms with Crippen molar-refractivity contribution < 1.29 is 4.52 Å². The summed E-state index contributed by atoms with van der Waals surface area (Å²) in [5, 5.41) is 12.4. The molecule has 1 aromatic carbocycles. The van der Waals surface area contributed by atoms with E-state index in [0.29, 0.717) is 21.6 Å². The quantitative estimate of drug-likeness (QED) is 0.668. The third-order valence-electron chi connectivity index (χ3n) is 2.45. The molecule has 0 aliphatic rings. The van der Waals surface area contributed by atoms with Crippen LogP contribution in [0.2, 0.25) is 5.02 Å². The molecule has 3 aromatic rings. The van der Waals surface area contributed by atoms with Gasteiger partial charge in [-0.1, -0.05) is 22.0 Å². The highest BCUT2D eigenvalue weighted by Gasteiger charge is 2.11. The maximum absolute atomic E-state index is 12.2. The topological polar surface area (TPSA) is 73.8 Å². The maximum Gasteiger partial charge on any atom is 0.285 e. The van der Waals surface area contributed by atoms with Crippen LogP contribution in [0, 0.1) is 6.92 Å². The molecule has 0 N–H and O–H groups in total. The van der Waals surface area contributed by atoms with E-state index in [2.05, 4.69) is 15.5 Å². The van der Waals surface area contributed by atoms with Crippen LogP contribution in [0.4, 0.5) is 0 Å². The van der Waals surface area contributed by atoms with E-state index in [1.807, 2.05) is 0 Å². The molecule has 0 bridgehead atoms. The molecule has 0 aliphatic heterocycles. The number of aromatic nitrogens is 4. The Hall–Kier alpha value is -2.21. The molecule has 0 radical (unpaired) electrons. The zero-order valence-electron chi connectivity index (χ0n) is 9.29. The predicted octanol–water partition coefficient (Wildman–Crippen LogP) is 1.73. The lowest BCUT2D eigenvalue weighted by atomic mass is 10.2. The molecular weight excluding hydrogens is 256 g/mol. The van der Waals surface area contributed by atoms with Crippen LogP contribution >= 0.6 is 11.6 Å². The second kappa shape index (κ2) is 3.92. The van der Waals surface area contributed by atoms with E-state index in [0.717, 1.165) is 4.68 Å². The summed E-state index contributed by atoms with van der Waals surface area (Å²) in [6.07, 6.45) is 0. The van der Waals surface area contributed by atoms with Crippen LogP contribution in [0.5, 0.6) is 0 Å². The van der Waals surface area contributed by atoms with E-state index < -0.39 is 0 Å². The molecule has 0 amide bonds. The summed E-state index contributed by atoms with van der Waals surface area (Å²) in [7, 11) is 0. The normalized spacial score (nSPS) is 11.0. The summed E-state index contributed by atoms with van der Waals surface area (Å²) < 4.78 is 6.05. The monoisotopic (exact) mass is 262 g/mol. The van der Waals surface area contributed by atoms with Crippen molar-refractivity contribution in [1.29, 1.82) is 0 Å². The molecule has 2 aromatic heterocycles. The van der Waals surface area contributed by atoms with Crippen molar-refractivity contribution >= 4 is 22.5 Å². The molecule has 2 heterocycles. The van der Waals surface area contributed by atoms with Gasteiger partial charge in [0.05, 0.1) is 11.1 Å². The first-order valence-electron chi connectivity index (χ1n) is 5.14. The van der Waals surface area contributed by atoms with Crippen LogP contribution in [-0.2, 0) is 0 Å². The largest absolute Gasteiger partial charge is 0.336 e. The Bertz CT molecular complexity index is 793. The Balaban J connectivity index is 2.30. The molecule has 0 saturated carbocycles. The lowest BCUT2D eigenvalue weighted by molar-refractivity contribution is 0.387. The van der Waals surface area contributed by atoms with E-state index in [9.17, 15) is 4.79 Å². The lowest BCUT2D eigenvalue weighted by Gasteiger charge is -2.00. The van der Waals surface area contributed by atoms with Gasteiger partial charge >= 0.3 is 0 Å². The predicted molar refractivity (Wildman–Crippen MR) is 64.9 cm³/mol. The molecule has 0 saturated heterocycles. The number of nitrogens with zero attached hydrogens (tertiary/aromatic N) is 4. The van der Waals surface area contributed by atoms with E-state index in [4.69, 9.17) is 16.1 Å². The van der Waals surface area contributed by atoms with Crippen molar-refractivity contribution in [3.63, 3.8) is 0 Å². The third kappa shape index (κ3) is 1.67. The number of hydrogen-bond acceptors (Lipinski definition) is 5. The van der Waals surface area contributed by atoms with Gasteiger partial charge in [-0.15, -0.1) is 9.78 Å². The van der Waals surface area contributed by atoms with Crippen LogP contribution in [0.15, 0.2) is 33.6 Å². The highest BCUT2D eigenvalue weighted by atomic mass is 35.5. The van der Waals surface area contributed by atoms with Crippen molar-refractivity contribution in [3.05, 3.63) is 45.3 Å². The molecule has 0 fully saturated rings. The zero-order valence-corrected chi connectivity index (χ0v) is 10.0. The summed E-state index contributed by atoms with van der Waals surface area (Å²) >= 11 is 5.83. The molecule has 3 rings (SSSR count). The van der Waals surface area contributed by atoms with Crippen LogP contribution < -0.4 is 5.56 Å². The van der Waals surface area contributed by atoms with Gasteiger partial charge in [0.2, 0.25) is 0 Å². The smallest absolute Gasteiger partial charge is 0.285 e. The van der Waals surface area contributed by atoms with E-state index >= 15 is 0 Å². The van der Waals surface area contributed by atoms with Gasteiger partial charge in [0.1, 0.15) is 5.52 Å². The Morgan fingerprint density at radius 3 is 2.89 bits per heavy atom. The summed E-state index contributed by atoms with van der Waals surface area (Å²) in [5.74, 6) is 0.238. The first-order valence-corrected chi connectivity index (χ1v) is 5.52. The van der Waals surface area contributed by atoms with Gasteiger partial charge in [0.15, 0.2) is 0 Å². The third-order valence-corrected chi connectivity index (χ3v) is 2.68. The zero-order chi connectivity index (χ0) is 12.7. The van der Waals surface area contributed by atoms with Gasteiger partial charge in [-0.3, -0.25) is 4.79 Å². The highest BCUT2D eigenvalue weighted by molar-refractivity contribution is 6.31. The van der Waals surface area contributed by atoms with Crippen LogP contribution in [0.25, 0.3) is 16.8 Å². The highest BCUT2D eigenvalue weighted by Crippen LogP contribution is 2.14. The van der Waals surface area contributed by atoms with Crippen molar-refractivity contribution in [2.45, 2.75) is 6.92 Å². The molecule has 6 nitrogen and oxygen atoms in total.